The van der Waals surface area contributed by atoms with Gasteiger partial charge in [0.2, 0.25) is 0 Å². The molecule has 0 radical (unpaired) electrons. The lowest BCUT2D eigenvalue weighted by molar-refractivity contribution is 0.258. The van der Waals surface area contributed by atoms with Crippen molar-refractivity contribution in [2.45, 2.75) is 19.5 Å². The van der Waals surface area contributed by atoms with Crippen LogP contribution in [0.2, 0.25) is 0 Å². The lowest BCUT2D eigenvalue weighted by Crippen LogP contribution is -2.20. The van der Waals surface area contributed by atoms with Crippen molar-refractivity contribution in [2.75, 3.05) is 20.2 Å². The van der Waals surface area contributed by atoms with Crippen LogP contribution in [0.4, 0.5) is 0 Å². The largest absolute Gasteiger partial charge is 0.494 e. The Morgan fingerprint density at radius 1 is 1.14 bits per heavy atom. The molecule has 0 aliphatic heterocycles. The summed E-state index contributed by atoms with van der Waals surface area (Å²) in [5.74, 6) is 0.898. The highest BCUT2D eigenvalue weighted by Crippen LogP contribution is 2.13. The monoisotopic (exact) mass is 285 g/mol. The molecule has 0 aliphatic carbocycles. The van der Waals surface area contributed by atoms with Crippen LogP contribution < -0.4 is 10.5 Å². The lowest BCUT2D eigenvalue weighted by atomic mass is 10.2. The van der Waals surface area contributed by atoms with Gasteiger partial charge in [-0.05, 0) is 48.9 Å². The minimum Gasteiger partial charge on any atom is -0.494 e. The summed E-state index contributed by atoms with van der Waals surface area (Å²) in [4.78, 5) is 6.32. The van der Waals surface area contributed by atoms with Gasteiger partial charge in [-0.2, -0.15) is 0 Å². The standard InChI is InChI=1S/C17H23N3O/c1-20(14-15-6-8-19-9-7-15)10-3-11-21-17-5-2-4-16(12-17)13-18/h2,4-9,12H,3,10-11,13-14,18H2,1H3. The van der Waals surface area contributed by atoms with Crippen LogP contribution >= 0.6 is 0 Å². The third-order valence-corrected chi connectivity index (χ3v) is 3.29. The summed E-state index contributed by atoms with van der Waals surface area (Å²) in [6.07, 6.45) is 4.65. The van der Waals surface area contributed by atoms with Crippen molar-refractivity contribution in [1.29, 1.82) is 0 Å². The number of nitrogens with zero attached hydrogens (tertiary/aromatic N) is 2. The number of hydrogen-bond acceptors (Lipinski definition) is 4. The van der Waals surface area contributed by atoms with E-state index in [1.807, 2.05) is 48.8 Å². The zero-order valence-electron chi connectivity index (χ0n) is 12.5. The predicted molar refractivity (Wildman–Crippen MR) is 85.0 cm³/mol. The normalized spacial score (nSPS) is 10.8. The van der Waals surface area contributed by atoms with Crippen molar-refractivity contribution in [3.05, 3.63) is 59.9 Å². The van der Waals surface area contributed by atoms with Gasteiger partial charge < -0.3 is 15.4 Å². The number of benzene rings is 1. The molecule has 0 amide bonds. The van der Waals surface area contributed by atoms with Crippen molar-refractivity contribution in [2.24, 2.45) is 5.73 Å². The molecular weight excluding hydrogens is 262 g/mol. The Kier molecular flexibility index (Phi) is 6.19. The van der Waals surface area contributed by atoms with E-state index in [-0.39, 0.29) is 0 Å². The van der Waals surface area contributed by atoms with E-state index in [1.54, 1.807) is 0 Å². The molecule has 0 aliphatic rings. The van der Waals surface area contributed by atoms with E-state index in [0.717, 1.165) is 30.8 Å². The molecule has 0 atom stereocenters. The SMILES string of the molecule is CN(CCCOc1cccc(CN)c1)Cc1ccncc1. The van der Waals surface area contributed by atoms with Crippen LogP contribution in [-0.4, -0.2) is 30.1 Å². The highest BCUT2D eigenvalue weighted by Gasteiger charge is 2.01. The molecule has 0 unspecified atom stereocenters. The number of pyridine rings is 1. The van der Waals surface area contributed by atoms with Crippen molar-refractivity contribution >= 4 is 0 Å². The average molecular weight is 285 g/mol. The van der Waals surface area contributed by atoms with Crippen molar-refractivity contribution in [3.8, 4) is 5.75 Å². The number of nitrogens with two attached hydrogens (primary N) is 1. The summed E-state index contributed by atoms with van der Waals surface area (Å²) in [6, 6.07) is 12.1. The summed E-state index contributed by atoms with van der Waals surface area (Å²) in [5.41, 5.74) is 8.00. The van der Waals surface area contributed by atoms with Gasteiger partial charge in [0.05, 0.1) is 6.61 Å². The van der Waals surface area contributed by atoms with E-state index in [2.05, 4.69) is 16.9 Å². The highest BCUT2D eigenvalue weighted by atomic mass is 16.5. The van der Waals surface area contributed by atoms with E-state index < -0.39 is 0 Å². The van der Waals surface area contributed by atoms with Gasteiger partial charge in [-0.3, -0.25) is 4.98 Å². The maximum atomic E-state index is 5.76. The van der Waals surface area contributed by atoms with E-state index in [4.69, 9.17) is 10.5 Å². The second kappa shape index (κ2) is 8.39. The molecule has 0 saturated carbocycles. The van der Waals surface area contributed by atoms with Crippen LogP contribution in [0.15, 0.2) is 48.8 Å². The molecule has 2 N–H and O–H groups in total. The lowest BCUT2D eigenvalue weighted by Gasteiger charge is -2.16. The van der Waals surface area contributed by atoms with Crippen LogP contribution in [0.3, 0.4) is 0 Å². The third kappa shape index (κ3) is 5.53. The second-order valence-corrected chi connectivity index (χ2v) is 5.15. The molecule has 0 saturated heterocycles. The van der Waals surface area contributed by atoms with E-state index in [0.29, 0.717) is 13.2 Å². The molecule has 2 aromatic rings. The van der Waals surface area contributed by atoms with Gasteiger partial charge in [-0.1, -0.05) is 12.1 Å². The number of aromatic nitrogens is 1. The first-order valence-electron chi connectivity index (χ1n) is 7.27. The van der Waals surface area contributed by atoms with Crippen LogP contribution in [0.5, 0.6) is 5.75 Å². The first-order valence-corrected chi connectivity index (χ1v) is 7.27. The van der Waals surface area contributed by atoms with Crippen molar-refractivity contribution in [1.82, 2.24) is 9.88 Å². The Balaban J connectivity index is 1.67. The molecular formula is C17H23N3O. The first-order chi connectivity index (χ1) is 10.3. The summed E-state index contributed by atoms with van der Waals surface area (Å²) in [5, 5.41) is 0. The van der Waals surface area contributed by atoms with Crippen molar-refractivity contribution < 1.29 is 4.74 Å². The molecule has 2 rings (SSSR count). The van der Waals surface area contributed by atoms with Crippen LogP contribution in [0, 0.1) is 0 Å². The highest BCUT2D eigenvalue weighted by molar-refractivity contribution is 5.28. The fraction of sp³-hybridized carbons (Fsp3) is 0.353. The van der Waals surface area contributed by atoms with Crippen molar-refractivity contribution in [3.63, 3.8) is 0 Å². The summed E-state index contributed by atoms with van der Waals surface area (Å²) >= 11 is 0. The van der Waals surface area contributed by atoms with Gasteiger partial charge in [-0.25, -0.2) is 0 Å². The Morgan fingerprint density at radius 3 is 2.71 bits per heavy atom. The average Bonchev–Trinajstić information content (AvgIpc) is 2.53. The number of ether oxygens (including phenoxy) is 1. The Hall–Kier alpha value is -1.91. The molecule has 0 spiro atoms. The molecule has 1 aromatic heterocycles. The Morgan fingerprint density at radius 2 is 1.95 bits per heavy atom. The first kappa shape index (κ1) is 15.5. The Bertz CT molecular complexity index is 531. The molecule has 4 heteroatoms. The van der Waals surface area contributed by atoms with Gasteiger partial charge >= 0.3 is 0 Å². The quantitative estimate of drug-likeness (QED) is 0.757. The van der Waals surface area contributed by atoms with Crippen LogP contribution in [0.1, 0.15) is 17.5 Å². The maximum Gasteiger partial charge on any atom is 0.119 e. The number of hydrogen-bond donors (Lipinski definition) is 1. The van der Waals surface area contributed by atoms with Gasteiger partial charge in [-0.15, -0.1) is 0 Å². The fourth-order valence-electron chi connectivity index (χ4n) is 2.17. The second-order valence-electron chi connectivity index (χ2n) is 5.15. The number of rotatable bonds is 8. The zero-order chi connectivity index (χ0) is 14.9. The van der Waals surface area contributed by atoms with Gasteiger partial charge in [0.25, 0.3) is 0 Å². The minimum atomic E-state index is 0.547. The van der Waals surface area contributed by atoms with Gasteiger partial charge in [0.1, 0.15) is 5.75 Å². The van der Waals surface area contributed by atoms with Gasteiger partial charge in [0.15, 0.2) is 0 Å². The molecule has 4 nitrogen and oxygen atoms in total. The Labute approximate surface area is 126 Å². The molecule has 1 heterocycles. The summed E-state index contributed by atoms with van der Waals surface area (Å²) in [6.45, 7) is 3.20. The summed E-state index contributed by atoms with van der Waals surface area (Å²) < 4.78 is 5.76. The topological polar surface area (TPSA) is 51.4 Å². The third-order valence-electron chi connectivity index (χ3n) is 3.29. The van der Waals surface area contributed by atoms with Crippen LogP contribution in [-0.2, 0) is 13.1 Å². The molecule has 21 heavy (non-hydrogen) atoms. The molecule has 0 bridgehead atoms. The van der Waals surface area contributed by atoms with E-state index >= 15 is 0 Å². The molecule has 112 valence electrons. The van der Waals surface area contributed by atoms with E-state index in [9.17, 15) is 0 Å². The van der Waals surface area contributed by atoms with Gasteiger partial charge in [0, 0.05) is 32.0 Å². The minimum absolute atomic E-state index is 0.547. The van der Waals surface area contributed by atoms with E-state index in [1.165, 1.54) is 5.56 Å². The molecule has 0 fully saturated rings. The smallest absolute Gasteiger partial charge is 0.119 e. The fourth-order valence-corrected chi connectivity index (χ4v) is 2.17. The molecule has 1 aromatic carbocycles. The predicted octanol–water partition coefficient (Wildman–Crippen LogP) is 2.44. The zero-order valence-corrected chi connectivity index (χ0v) is 12.5. The maximum absolute atomic E-state index is 5.76. The summed E-state index contributed by atoms with van der Waals surface area (Å²) in [7, 11) is 2.12. The van der Waals surface area contributed by atoms with Crippen LogP contribution in [0.25, 0.3) is 0 Å².